The normalized spacial score (nSPS) is 11.4. The smallest absolute Gasteiger partial charge is 0.226 e. The zero-order valence-electron chi connectivity index (χ0n) is 23.7. The van der Waals surface area contributed by atoms with Gasteiger partial charge in [-0.3, -0.25) is 4.79 Å². The van der Waals surface area contributed by atoms with Gasteiger partial charge in [0.05, 0.1) is 34.4 Å². The van der Waals surface area contributed by atoms with Gasteiger partial charge in [0.2, 0.25) is 5.91 Å². The standard InChI is InChI=1S/C32H32Cl2N6OS/c1-21-7-12-27(13-22(21)2)38-32(42)39(19-26-5-4-6-29(33)31(26)34)17-23(3)37-30(41)14-28-16-36-20-40(28)18-25-10-8-24(15-35)9-11-25/h4-13,16,20,23H,14,17-19H2,1-3H3,(H,37,41)(H,38,42)/t23-/m0/s1. The first-order valence-corrected chi connectivity index (χ1v) is 14.6. The van der Waals surface area contributed by atoms with E-state index in [1.165, 1.54) is 5.56 Å². The average Bonchev–Trinajstić information content (AvgIpc) is 3.39. The van der Waals surface area contributed by atoms with Gasteiger partial charge in [0, 0.05) is 43.3 Å². The number of aryl methyl sites for hydroxylation is 2. The number of aromatic nitrogens is 2. The SMILES string of the molecule is Cc1ccc(NC(=S)N(Cc2cccc(Cl)c2Cl)C[C@H](C)NC(=O)Cc2cncn2Cc2ccc(C#N)cc2)cc1C. The van der Waals surface area contributed by atoms with E-state index < -0.39 is 0 Å². The van der Waals surface area contributed by atoms with E-state index in [0.29, 0.717) is 40.4 Å². The predicted octanol–water partition coefficient (Wildman–Crippen LogP) is 6.67. The summed E-state index contributed by atoms with van der Waals surface area (Å²) < 4.78 is 1.93. The van der Waals surface area contributed by atoms with Crippen LogP contribution in [0.25, 0.3) is 0 Å². The van der Waals surface area contributed by atoms with Crippen molar-refractivity contribution in [2.75, 3.05) is 11.9 Å². The predicted molar refractivity (Wildman–Crippen MR) is 173 cm³/mol. The van der Waals surface area contributed by atoms with Crippen molar-refractivity contribution in [3.63, 3.8) is 0 Å². The summed E-state index contributed by atoms with van der Waals surface area (Å²) in [6.45, 7) is 7.47. The van der Waals surface area contributed by atoms with Gasteiger partial charge in [-0.2, -0.15) is 5.26 Å². The van der Waals surface area contributed by atoms with Crippen molar-refractivity contribution >= 4 is 52.1 Å². The topological polar surface area (TPSA) is 86.0 Å². The molecule has 1 aromatic heterocycles. The first-order valence-electron chi connectivity index (χ1n) is 13.5. The number of anilines is 1. The van der Waals surface area contributed by atoms with Gasteiger partial charge in [0.25, 0.3) is 0 Å². The number of nitrogens with one attached hydrogen (secondary N) is 2. The highest BCUT2D eigenvalue weighted by molar-refractivity contribution is 7.80. The van der Waals surface area contributed by atoms with E-state index in [9.17, 15) is 4.79 Å². The Balaban J connectivity index is 1.43. The van der Waals surface area contributed by atoms with Gasteiger partial charge in [-0.05, 0) is 85.6 Å². The maximum Gasteiger partial charge on any atom is 0.226 e. The Morgan fingerprint density at radius 2 is 1.88 bits per heavy atom. The molecule has 42 heavy (non-hydrogen) atoms. The lowest BCUT2D eigenvalue weighted by molar-refractivity contribution is -0.121. The first-order chi connectivity index (χ1) is 20.1. The number of hydrogen-bond donors (Lipinski definition) is 2. The van der Waals surface area contributed by atoms with Gasteiger partial charge in [0.15, 0.2) is 5.11 Å². The van der Waals surface area contributed by atoms with Crippen LogP contribution in [-0.4, -0.2) is 38.1 Å². The number of carbonyl (C=O) groups is 1. The fourth-order valence-electron chi connectivity index (χ4n) is 4.50. The fraction of sp³-hybridized carbons (Fsp3) is 0.250. The lowest BCUT2D eigenvalue weighted by Crippen LogP contribution is -2.45. The van der Waals surface area contributed by atoms with Crippen molar-refractivity contribution in [3.8, 4) is 6.07 Å². The minimum absolute atomic E-state index is 0.127. The average molecular weight is 620 g/mol. The summed E-state index contributed by atoms with van der Waals surface area (Å²) in [7, 11) is 0. The quantitative estimate of drug-likeness (QED) is 0.193. The Kier molecular flexibility index (Phi) is 10.6. The Morgan fingerprint density at radius 3 is 2.60 bits per heavy atom. The molecule has 0 saturated carbocycles. The highest BCUT2D eigenvalue weighted by atomic mass is 35.5. The molecule has 1 atom stereocenters. The molecule has 2 N–H and O–H groups in total. The third-order valence-corrected chi connectivity index (χ3v) is 8.13. The van der Waals surface area contributed by atoms with Gasteiger partial charge >= 0.3 is 0 Å². The van der Waals surface area contributed by atoms with Gasteiger partial charge in [-0.25, -0.2) is 4.98 Å². The molecule has 3 aromatic carbocycles. The molecule has 0 fully saturated rings. The highest BCUT2D eigenvalue weighted by Gasteiger charge is 2.19. The molecule has 0 unspecified atom stereocenters. The molecule has 0 aliphatic heterocycles. The summed E-state index contributed by atoms with van der Waals surface area (Å²) in [5.74, 6) is -0.127. The summed E-state index contributed by atoms with van der Waals surface area (Å²) in [4.78, 5) is 19.3. The van der Waals surface area contributed by atoms with Crippen LogP contribution in [0.15, 0.2) is 73.2 Å². The van der Waals surface area contributed by atoms with Crippen LogP contribution in [0.3, 0.4) is 0 Å². The van der Waals surface area contributed by atoms with Gasteiger partial charge in [-0.1, -0.05) is 53.5 Å². The molecule has 4 rings (SSSR count). The molecule has 4 aromatic rings. The molecule has 0 aliphatic carbocycles. The zero-order valence-corrected chi connectivity index (χ0v) is 26.0. The third kappa shape index (κ3) is 8.32. The van der Waals surface area contributed by atoms with E-state index in [1.807, 2.05) is 52.8 Å². The van der Waals surface area contributed by atoms with E-state index in [4.69, 9.17) is 40.7 Å². The second kappa shape index (κ2) is 14.3. The maximum absolute atomic E-state index is 13.1. The number of benzene rings is 3. The number of rotatable bonds is 10. The van der Waals surface area contributed by atoms with Gasteiger partial charge in [0.1, 0.15) is 0 Å². The van der Waals surface area contributed by atoms with E-state index in [-0.39, 0.29) is 18.4 Å². The summed E-state index contributed by atoms with van der Waals surface area (Å²) in [5.41, 5.74) is 6.49. The number of hydrogen-bond acceptors (Lipinski definition) is 4. The Morgan fingerprint density at radius 1 is 1.12 bits per heavy atom. The lowest BCUT2D eigenvalue weighted by Gasteiger charge is -2.30. The van der Waals surface area contributed by atoms with Gasteiger partial charge < -0.3 is 20.1 Å². The summed E-state index contributed by atoms with van der Waals surface area (Å²) in [6.07, 6.45) is 3.58. The molecule has 0 aliphatic rings. The van der Waals surface area contributed by atoms with Crippen molar-refractivity contribution in [1.82, 2.24) is 19.8 Å². The van der Waals surface area contributed by atoms with Crippen LogP contribution in [0, 0.1) is 25.2 Å². The Bertz CT molecular complexity index is 1610. The molecule has 216 valence electrons. The van der Waals surface area contributed by atoms with Crippen LogP contribution in [0.2, 0.25) is 10.0 Å². The number of carbonyl (C=O) groups excluding carboxylic acids is 1. The van der Waals surface area contributed by atoms with Crippen molar-refractivity contribution in [3.05, 3.63) is 117 Å². The Hall–Kier alpha value is -3.90. The molecular formula is C32H32Cl2N6OS. The van der Waals surface area contributed by atoms with E-state index >= 15 is 0 Å². The molecule has 7 nitrogen and oxygen atoms in total. The number of amides is 1. The maximum atomic E-state index is 13.1. The van der Waals surface area contributed by atoms with Crippen molar-refractivity contribution in [2.45, 2.75) is 46.3 Å². The van der Waals surface area contributed by atoms with Gasteiger partial charge in [-0.15, -0.1) is 0 Å². The number of thiocarbonyl (C=S) groups is 1. The molecule has 10 heteroatoms. The largest absolute Gasteiger partial charge is 0.352 e. The van der Waals surface area contributed by atoms with Crippen molar-refractivity contribution < 1.29 is 4.79 Å². The number of nitrogens with zero attached hydrogens (tertiary/aromatic N) is 4. The van der Waals surface area contributed by atoms with Crippen LogP contribution >= 0.6 is 35.4 Å². The minimum Gasteiger partial charge on any atom is -0.352 e. The lowest BCUT2D eigenvalue weighted by atomic mass is 10.1. The number of imidazole rings is 1. The van der Waals surface area contributed by atoms with E-state index in [2.05, 4.69) is 41.6 Å². The highest BCUT2D eigenvalue weighted by Crippen LogP contribution is 2.27. The zero-order chi connectivity index (χ0) is 30.2. The second-order valence-electron chi connectivity index (χ2n) is 10.3. The van der Waals surface area contributed by atoms with Crippen molar-refractivity contribution in [1.29, 1.82) is 5.26 Å². The number of nitriles is 1. The number of halogens is 2. The van der Waals surface area contributed by atoms with Crippen LogP contribution in [0.5, 0.6) is 0 Å². The van der Waals surface area contributed by atoms with E-state index in [0.717, 1.165) is 28.1 Å². The van der Waals surface area contributed by atoms with Crippen LogP contribution in [-0.2, 0) is 24.3 Å². The summed E-state index contributed by atoms with van der Waals surface area (Å²) in [5, 5.41) is 16.9. The molecule has 0 radical (unpaired) electrons. The fourth-order valence-corrected chi connectivity index (χ4v) is 5.14. The molecule has 1 amide bonds. The third-order valence-electron chi connectivity index (χ3n) is 6.92. The van der Waals surface area contributed by atoms with E-state index in [1.54, 1.807) is 30.7 Å². The first kappa shape index (κ1) is 31.0. The molecular weight excluding hydrogens is 587 g/mol. The minimum atomic E-state index is -0.232. The second-order valence-corrected chi connectivity index (χ2v) is 11.5. The summed E-state index contributed by atoms with van der Waals surface area (Å²) in [6, 6.07) is 20.9. The van der Waals surface area contributed by atoms with Crippen LogP contribution < -0.4 is 10.6 Å². The van der Waals surface area contributed by atoms with Crippen molar-refractivity contribution in [2.24, 2.45) is 0 Å². The Labute approximate surface area is 262 Å². The van der Waals surface area contributed by atoms with Crippen LogP contribution in [0.4, 0.5) is 5.69 Å². The monoisotopic (exact) mass is 618 g/mol. The molecule has 0 saturated heterocycles. The molecule has 0 spiro atoms. The molecule has 0 bridgehead atoms. The summed E-state index contributed by atoms with van der Waals surface area (Å²) >= 11 is 18.6. The molecule has 1 heterocycles. The van der Waals surface area contributed by atoms with Crippen LogP contribution in [0.1, 0.15) is 40.4 Å².